The van der Waals surface area contributed by atoms with E-state index in [1.807, 2.05) is 18.2 Å². The Morgan fingerprint density at radius 3 is 2.69 bits per heavy atom. The molecule has 0 bridgehead atoms. The van der Waals surface area contributed by atoms with Gasteiger partial charge >= 0.3 is 0 Å². The van der Waals surface area contributed by atoms with Gasteiger partial charge < -0.3 is 5.32 Å². The van der Waals surface area contributed by atoms with Gasteiger partial charge in [0, 0.05) is 19.0 Å². The van der Waals surface area contributed by atoms with Crippen LogP contribution in [-0.2, 0) is 0 Å². The maximum Gasteiger partial charge on any atom is 0.0635 e. The minimum Gasteiger partial charge on any atom is -0.309 e. The molecule has 0 radical (unpaired) electrons. The third-order valence-corrected chi connectivity index (χ3v) is 1.99. The van der Waals surface area contributed by atoms with Crippen molar-refractivity contribution in [2.45, 2.75) is 19.4 Å². The molecule has 1 aromatic carbocycles. The number of rotatable bonds is 4. The molecule has 13 heavy (non-hydrogen) atoms. The number of benzene rings is 1. The molecular formula is C11H14N2. The van der Waals surface area contributed by atoms with E-state index in [-0.39, 0.29) is 0 Å². The van der Waals surface area contributed by atoms with Crippen LogP contribution in [0.2, 0.25) is 0 Å². The third kappa shape index (κ3) is 3.27. The molecule has 1 N–H and O–H groups in total. The van der Waals surface area contributed by atoms with E-state index in [0.29, 0.717) is 12.5 Å². The average molecular weight is 174 g/mol. The van der Waals surface area contributed by atoms with Crippen molar-refractivity contribution in [3.63, 3.8) is 0 Å². The molecule has 1 atom stereocenters. The smallest absolute Gasteiger partial charge is 0.0635 e. The van der Waals surface area contributed by atoms with Crippen molar-refractivity contribution in [3.05, 3.63) is 35.9 Å². The number of nitriles is 1. The Labute approximate surface area is 79.2 Å². The van der Waals surface area contributed by atoms with Gasteiger partial charge in [-0.25, -0.2) is 0 Å². The van der Waals surface area contributed by atoms with Crippen molar-refractivity contribution in [2.24, 2.45) is 0 Å². The van der Waals surface area contributed by atoms with Crippen molar-refractivity contribution < 1.29 is 0 Å². The van der Waals surface area contributed by atoms with Gasteiger partial charge in [-0.3, -0.25) is 0 Å². The standard InChI is InChI=1S/C11H14N2/c1-10(13-9-5-8-12)11-6-3-2-4-7-11/h2-4,6-7,10,13H,5,9H2,1H3/t10-/m1/s1. The van der Waals surface area contributed by atoms with Crippen molar-refractivity contribution in [1.82, 2.24) is 5.32 Å². The lowest BCUT2D eigenvalue weighted by Gasteiger charge is -2.12. The minimum absolute atomic E-state index is 0.328. The summed E-state index contributed by atoms with van der Waals surface area (Å²) in [5.74, 6) is 0. The zero-order valence-electron chi connectivity index (χ0n) is 7.83. The maximum absolute atomic E-state index is 8.36. The second-order valence-electron chi connectivity index (χ2n) is 2.99. The van der Waals surface area contributed by atoms with Crippen LogP contribution in [0.1, 0.15) is 24.9 Å². The van der Waals surface area contributed by atoms with Crippen molar-refractivity contribution in [3.8, 4) is 6.07 Å². The van der Waals surface area contributed by atoms with E-state index in [1.54, 1.807) is 0 Å². The Hall–Kier alpha value is -1.33. The van der Waals surface area contributed by atoms with E-state index >= 15 is 0 Å². The summed E-state index contributed by atoms with van der Waals surface area (Å²) in [4.78, 5) is 0. The molecule has 1 aromatic rings. The third-order valence-electron chi connectivity index (χ3n) is 1.99. The molecule has 0 aromatic heterocycles. The first-order valence-corrected chi connectivity index (χ1v) is 4.50. The van der Waals surface area contributed by atoms with E-state index in [0.717, 1.165) is 6.54 Å². The van der Waals surface area contributed by atoms with Gasteiger partial charge in [-0.05, 0) is 12.5 Å². The molecule has 0 unspecified atom stereocenters. The predicted molar refractivity (Wildman–Crippen MR) is 53.1 cm³/mol. The maximum atomic E-state index is 8.36. The molecule has 0 spiro atoms. The van der Waals surface area contributed by atoms with Crippen LogP contribution < -0.4 is 5.32 Å². The Morgan fingerprint density at radius 2 is 2.08 bits per heavy atom. The van der Waals surface area contributed by atoms with Crippen molar-refractivity contribution in [2.75, 3.05) is 6.54 Å². The quantitative estimate of drug-likeness (QED) is 0.711. The van der Waals surface area contributed by atoms with E-state index in [2.05, 4.69) is 30.4 Å². The average Bonchev–Trinajstić information content (AvgIpc) is 2.19. The molecule has 2 heteroatoms. The summed E-state index contributed by atoms with van der Waals surface area (Å²) < 4.78 is 0. The van der Waals surface area contributed by atoms with E-state index in [1.165, 1.54) is 5.56 Å². The van der Waals surface area contributed by atoms with Crippen LogP contribution >= 0.6 is 0 Å². The highest BCUT2D eigenvalue weighted by atomic mass is 14.9. The fourth-order valence-electron chi connectivity index (χ4n) is 1.20. The van der Waals surface area contributed by atoms with Crippen molar-refractivity contribution >= 4 is 0 Å². The van der Waals surface area contributed by atoms with Gasteiger partial charge in [0.1, 0.15) is 0 Å². The number of nitrogens with one attached hydrogen (secondary N) is 1. The molecule has 0 saturated carbocycles. The molecule has 0 saturated heterocycles. The lowest BCUT2D eigenvalue weighted by atomic mass is 10.1. The van der Waals surface area contributed by atoms with Crippen molar-refractivity contribution in [1.29, 1.82) is 5.26 Å². The van der Waals surface area contributed by atoms with Gasteiger partial charge in [0.05, 0.1) is 6.07 Å². The summed E-state index contributed by atoms with van der Waals surface area (Å²) in [6.45, 7) is 2.86. The normalized spacial score (nSPS) is 12.0. The van der Waals surface area contributed by atoms with Crippen LogP contribution in [0.3, 0.4) is 0 Å². The fourth-order valence-corrected chi connectivity index (χ4v) is 1.20. The highest BCUT2D eigenvalue weighted by Crippen LogP contribution is 2.10. The Bertz CT molecular complexity index is 274. The van der Waals surface area contributed by atoms with E-state index in [4.69, 9.17) is 5.26 Å². The Morgan fingerprint density at radius 1 is 1.38 bits per heavy atom. The molecule has 0 fully saturated rings. The van der Waals surface area contributed by atoms with Gasteiger partial charge in [-0.15, -0.1) is 0 Å². The first-order valence-electron chi connectivity index (χ1n) is 4.50. The Kier molecular flexibility index (Phi) is 4.01. The highest BCUT2D eigenvalue weighted by molar-refractivity contribution is 5.17. The van der Waals surface area contributed by atoms with Gasteiger partial charge in [0.2, 0.25) is 0 Å². The molecule has 1 rings (SSSR count). The predicted octanol–water partition coefficient (Wildman–Crippen LogP) is 2.25. The van der Waals surface area contributed by atoms with Gasteiger partial charge in [-0.1, -0.05) is 30.3 Å². The molecule has 0 aliphatic heterocycles. The molecular weight excluding hydrogens is 160 g/mol. The van der Waals surface area contributed by atoms with E-state index < -0.39 is 0 Å². The summed E-state index contributed by atoms with van der Waals surface area (Å²) in [6.07, 6.45) is 0.567. The fraction of sp³-hybridized carbons (Fsp3) is 0.364. The number of hydrogen-bond acceptors (Lipinski definition) is 2. The largest absolute Gasteiger partial charge is 0.309 e. The van der Waals surface area contributed by atoms with Crippen LogP contribution in [0.15, 0.2) is 30.3 Å². The SMILES string of the molecule is C[C@@H](NCCC#N)c1ccccc1. The minimum atomic E-state index is 0.328. The summed E-state index contributed by atoms with van der Waals surface area (Å²) in [7, 11) is 0. The zero-order valence-corrected chi connectivity index (χ0v) is 7.83. The lowest BCUT2D eigenvalue weighted by molar-refractivity contribution is 0.583. The molecule has 0 aliphatic carbocycles. The van der Waals surface area contributed by atoms with Crippen LogP contribution in [-0.4, -0.2) is 6.54 Å². The van der Waals surface area contributed by atoms with Gasteiger partial charge in [0.25, 0.3) is 0 Å². The summed E-state index contributed by atoms with van der Waals surface area (Å²) in [6, 6.07) is 12.7. The second-order valence-corrected chi connectivity index (χ2v) is 2.99. The molecule has 0 heterocycles. The van der Waals surface area contributed by atoms with Gasteiger partial charge in [0.15, 0.2) is 0 Å². The molecule has 68 valence electrons. The lowest BCUT2D eigenvalue weighted by Crippen LogP contribution is -2.19. The second kappa shape index (κ2) is 5.34. The molecule has 2 nitrogen and oxygen atoms in total. The first-order chi connectivity index (χ1) is 6.34. The van der Waals surface area contributed by atoms with Crippen LogP contribution in [0.25, 0.3) is 0 Å². The Balaban J connectivity index is 2.41. The first kappa shape index (κ1) is 9.76. The number of hydrogen-bond donors (Lipinski definition) is 1. The monoisotopic (exact) mass is 174 g/mol. The number of nitrogens with zero attached hydrogens (tertiary/aromatic N) is 1. The molecule has 0 aliphatic rings. The van der Waals surface area contributed by atoms with E-state index in [9.17, 15) is 0 Å². The molecule has 0 amide bonds. The van der Waals surface area contributed by atoms with Crippen LogP contribution in [0.5, 0.6) is 0 Å². The van der Waals surface area contributed by atoms with Crippen LogP contribution in [0, 0.1) is 11.3 Å². The van der Waals surface area contributed by atoms with Gasteiger partial charge in [-0.2, -0.15) is 5.26 Å². The topological polar surface area (TPSA) is 35.8 Å². The zero-order chi connectivity index (χ0) is 9.52. The summed E-state index contributed by atoms with van der Waals surface area (Å²) in [5.41, 5.74) is 1.26. The summed E-state index contributed by atoms with van der Waals surface area (Å²) in [5, 5.41) is 11.6. The summed E-state index contributed by atoms with van der Waals surface area (Å²) >= 11 is 0. The highest BCUT2D eigenvalue weighted by Gasteiger charge is 2.01. The van der Waals surface area contributed by atoms with Crippen LogP contribution in [0.4, 0.5) is 0 Å².